The summed E-state index contributed by atoms with van der Waals surface area (Å²) >= 11 is 11.5. The average Bonchev–Trinajstić information content (AvgIpc) is 2.34. The molecule has 1 aromatic carbocycles. The van der Waals surface area contributed by atoms with Crippen molar-refractivity contribution in [3.05, 3.63) is 33.8 Å². The first-order chi connectivity index (χ1) is 9.73. The molecule has 0 bridgehead atoms. The van der Waals surface area contributed by atoms with Crippen molar-refractivity contribution >= 4 is 29.2 Å². The van der Waals surface area contributed by atoms with Crippen molar-refractivity contribution in [2.24, 2.45) is 0 Å². The molecule has 21 heavy (non-hydrogen) atoms. The molecule has 0 aromatic heterocycles. The van der Waals surface area contributed by atoms with Gasteiger partial charge in [0.1, 0.15) is 12.6 Å². The molecule has 1 rings (SSSR count). The number of carbonyl (C=O) groups is 1. The fourth-order valence-electron chi connectivity index (χ4n) is 1.53. The van der Waals surface area contributed by atoms with E-state index < -0.39 is 31.3 Å². The number of nitrogens with one attached hydrogen (secondary N) is 1. The number of ether oxygens (including phenoxy) is 1. The summed E-state index contributed by atoms with van der Waals surface area (Å²) in [6.45, 7) is -2.15. The molecule has 2 N–H and O–H groups in total. The van der Waals surface area contributed by atoms with E-state index in [2.05, 4.69) is 4.74 Å². The predicted octanol–water partition coefficient (Wildman–Crippen LogP) is 2.72. The van der Waals surface area contributed by atoms with Crippen molar-refractivity contribution in [2.75, 3.05) is 19.8 Å². The summed E-state index contributed by atoms with van der Waals surface area (Å²) in [5.41, 5.74) is 0.139. The molecule has 118 valence electrons. The number of benzene rings is 1. The second-order valence-corrected chi connectivity index (χ2v) is 4.90. The van der Waals surface area contributed by atoms with Gasteiger partial charge < -0.3 is 9.84 Å². The number of rotatable bonds is 6. The van der Waals surface area contributed by atoms with Crippen LogP contribution in [0.2, 0.25) is 10.0 Å². The number of hydrogen-bond donors (Lipinski definition) is 2. The van der Waals surface area contributed by atoms with Crippen LogP contribution in [0.25, 0.3) is 0 Å². The molecule has 4 nitrogen and oxygen atoms in total. The molecule has 1 aromatic rings. The number of alkyl halides is 3. The number of carbonyl (C=O) groups excluding carboxylic acids is 1. The summed E-state index contributed by atoms with van der Waals surface area (Å²) in [6.07, 6.45) is -4.50. The van der Waals surface area contributed by atoms with Crippen molar-refractivity contribution in [1.29, 1.82) is 0 Å². The third-order valence-corrected chi connectivity index (χ3v) is 2.73. The molecular formula is C12H12Cl2F3NO3. The highest BCUT2D eigenvalue weighted by Gasteiger charge is 2.31. The minimum absolute atomic E-state index is 0.139. The predicted molar refractivity (Wildman–Crippen MR) is 71.3 cm³/mol. The fraction of sp³-hybridized carbons (Fsp3) is 0.417. The molecule has 0 amide bonds. The number of halogens is 5. The Hall–Kier alpha value is -1.02. The molecule has 9 heteroatoms. The summed E-state index contributed by atoms with van der Waals surface area (Å²) in [6, 6.07) is 2.60. The minimum atomic E-state index is -4.50. The number of esters is 1. The van der Waals surface area contributed by atoms with Crippen LogP contribution in [0.1, 0.15) is 11.6 Å². The third-order valence-electron chi connectivity index (χ3n) is 2.30. The molecule has 0 aliphatic carbocycles. The zero-order chi connectivity index (χ0) is 16.0. The van der Waals surface area contributed by atoms with Crippen LogP contribution < -0.4 is 5.32 Å². The second-order valence-electron chi connectivity index (χ2n) is 4.02. The molecule has 1 unspecified atom stereocenters. The lowest BCUT2D eigenvalue weighted by molar-refractivity contribution is -0.150. The van der Waals surface area contributed by atoms with Gasteiger partial charge in [-0.2, -0.15) is 13.2 Å². The van der Waals surface area contributed by atoms with Gasteiger partial charge >= 0.3 is 12.1 Å². The molecule has 0 saturated heterocycles. The first kappa shape index (κ1) is 18.0. The standard InChI is InChI=1S/C12H12Cl2F3NO3/c13-8-3-7(4-9(14)5-8)10(11(20)21-2-1-19)18-6-12(15,16)17/h3-5,10,18-19H,1-2,6H2. The first-order valence-corrected chi connectivity index (χ1v) is 6.52. The van der Waals surface area contributed by atoms with Gasteiger partial charge in [0.05, 0.1) is 13.2 Å². The van der Waals surface area contributed by atoms with Crippen LogP contribution in [-0.4, -0.2) is 37.0 Å². The van der Waals surface area contributed by atoms with Crippen LogP contribution >= 0.6 is 23.2 Å². The summed E-state index contributed by atoms with van der Waals surface area (Å²) in [5, 5.41) is 11.0. The van der Waals surface area contributed by atoms with Gasteiger partial charge in [0.25, 0.3) is 0 Å². The third kappa shape index (κ3) is 6.52. The average molecular weight is 346 g/mol. The largest absolute Gasteiger partial charge is 0.462 e. The molecule has 0 aliphatic heterocycles. The van der Waals surface area contributed by atoms with E-state index in [1.54, 1.807) is 0 Å². The van der Waals surface area contributed by atoms with Crippen molar-refractivity contribution in [2.45, 2.75) is 12.2 Å². The maximum atomic E-state index is 12.3. The fourth-order valence-corrected chi connectivity index (χ4v) is 2.07. The van der Waals surface area contributed by atoms with Gasteiger partial charge in [-0.15, -0.1) is 0 Å². The summed E-state index contributed by atoms with van der Waals surface area (Å²) in [4.78, 5) is 11.8. The highest BCUT2D eigenvalue weighted by atomic mass is 35.5. The smallest absolute Gasteiger partial charge is 0.401 e. The number of hydrogen-bond acceptors (Lipinski definition) is 4. The Kier molecular flexibility index (Phi) is 6.73. The Balaban J connectivity index is 2.96. The maximum absolute atomic E-state index is 12.3. The molecule has 0 spiro atoms. The second kappa shape index (κ2) is 7.84. The van der Waals surface area contributed by atoms with Crippen LogP contribution in [0.4, 0.5) is 13.2 Å². The van der Waals surface area contributed by atoms with Crippen molar-refractivity contribution in [1.82, 2.24) is 5.32 Å². The van der Waals surface area contributed by atoms with E-state index in [-0.39, 0.29) is 22.2 Å². The zero-order valence-electron chi connectivity index (χ0n) is 10.6. The molecule has 0 radical (unpaired) electrons. The highest BCUT2D eigenvalue weighted by Crippen LogP contribution is 2.25. The minimum Gasteiger partial charge on any atom is -0.462 e. The maximum Gasteiger partial charge on any atom is 0.401 e. The lowest BCUT2D eigenvalue weighted by Crippen LogP contribution is -2.37. The Morgan fingerprint density at radius 2 is 1.86 bits per heavy atom. The Labute approximate surface area is 128 Å². The molecule has 0 saturated carbocycles. The quantitative estimate of drug-likeness (QED) is 0.778. The van der Waals surface area contributed by atoms with Gasteiger partial charge in [0.2, 0.25) is 0 Å². The van der Waals surface area contributed by atoms with Crippen LogP contribution in [0, 0.1) is 0 Å². The normalized spacial score (nSPS) is 13.0. The van der Waals surface area contributed by atoms with E-state index in [1.165, 1.54) is 18.2 Å². The molecular weight excluding hydrogens is 334 g/mol. The van der Waals surface area contributed by atoms with Crippen molar-refractivity contribution in [3.63, 3.8) is 0 Å². The van der Waals surface area contributed by atoms with Gasteiger partial charge in [0.15, 0.2) is 0 Å². The van der Waals surface area contributed by atoms with Crippen LogP contribution in [0.5, 0.6) is 0 Å². The van der Waals surface area contributed by atoms with Crippen molar-refractivity contribution in [3.8, 4) is 0 Å². The van der Waals surface area contributed by atoms with Crippen LogP contribution in [0.3, 0.4) is 0 Å². The molecule has 0 aliphatic rings. The van der Waals surface area contributed by atoms with Crippen LogP contribution in [0.15, 0.2) is 18.2 Å². The lowest BCUT2D eigenvalue weighted by Gasteiger charge is -2.19. The summed E-state index contributed by atoms with van der Waals surface area (Å²) in [5.74, 6) is -0.966. The van der Waals surface area contributed by atoms with Gasteiger partial charge in [-0.1, -0.05) is 23.2 Å². The van der Waals surface area contributed by atoms with Gasteiger partial charge in [-0.25, -0.2) is 4.79 Å². The van der Waals surface area contributed by atoms with Crippen molar-refractivity contribution < 1.29 is 27.8 Å². The molecule has 0 heterocycles. The van der Waals surface area contributed by atoms with Crippen LogP contribution in [-0.2, 0) is 9.53 Å². The Morgan fingerprint density at radius 3 is 2.33 bits per heavy atom. The Morgan fingerprint density at radius 1 is 1.29 bits per heavy atom. The van der Waals surface area contributed by atoms with E-state index in [4.69, 9.17) is 28.3 Å². The summed E-state index contributed by atoms with van der Waals surface area (Å²) in [7, 11) is 0. The number of aliphatic hydroxyl groups is 1. The SMILES string of the molecule is O=C(OCCO)C(NCC(F)(F)F)c1cc(Cl)cc(Cl)c1. The zero-order valence-corrected chi connectivity index (χ0v) is 12.1. The first-order valence-electron chi connectivity index (χ1n) is 5.76. The van der Waals surface area contributed by atoms with E-state index in [0.717, 1.165) is 0 Å². The highest BCUT2D eigenvalue weighted by molar-refractivity contribution is 6.34. The van der Waals surface area contributed by atoms with Gasteiger partial charge in [0, 0.05) is 10.0 Å². The van der Waals surface area contributed by atoms with E-state index in [1.807, 2.05) is 5.32 Å². The van der Waals surface area contributed by atoms with E-state index in [9.17, 15) is 18.0 Å². The summed E-state index contributed by atoms with van der Waals surface area (Å²) < 4.78 is 41.5. The molecule has 0 fully saturated rings. The Bertz CT molecular complexity index is 477. The molecule has 1 atom stereocenters. The van der Waals surface area contributed by atoms with Gasteiger partial charge in [-0.05, 0) is 23.8 Å². The number of aliphatic hydroxyl groups excluding tert-OH is 1. The van der Waals surface area contributed by atoms with E-state index >= 15 is 0 Å². The van der Waals surface area contributed by atoms with E-state index in [0.29, 0.717) is 0 Å². The lowest BCUT2D eigenvalue weighted by atomic mass is 10.1. The van der Waals surface area contributed by atoms with Gasteiger partial charge in [-0.3, -0.25) is 5.32 Å². The monoisotopic (exact) mass is 345 g/mol. The topological polar surface area (TPSA) is 58.6 Å².